The number of aromatic nitrogens is 1. The van der Waals surface area contributed by atoms with E-state index in [2.05, 4.69) is 35.6 Å². The maximum Gasteiger partial charge on any atom is 0.0949 e. The Morgan fingerprint density at radius 1 is 1.45 bits per heavy atom. The summed E-state index contributed by atoms with van der Waals surface area (Å²) in [5.41, 5.74) is 3.39. The normalized spacial score (nSPS) is 22.8. The molecule has 0 fully saturated rings. The van der Waals surface area contributed by atoms with Gasteiger partial charge < -0.3 is 10.4 Å². The van der Waals surface area contributed by atoms with Gasteiger partial charge in [0, 0.05) is 17.5 Å². The van der Waals surface area contributed by atoms with Crippen molar-refractivity contribution < 1.29 is 5.11 Å². The minimum atomic E-state index is -0.419. The molecule has 0 spiro atoms. The van der Waals surface area contributed by atoms with Crippen LogP contribution < -0.4 is 5.32 Å². The van der Waals surface area contributed by atoms with Gasteiger partial charge in [0.15, 0.2) is 0 Å². The van der Waals surface area contributed by atoms with Crippen molar-refractivity contribution in [3.63, 3.8) is 0 Å². The van der Waals surface area contributed by atoms with E-state index >= 15 is 0 Å². The van der Waals surface area contributed by atoms with E-state index in [-0.39, 0.29) is 12.1 Å². The number of aliphatic hydroxyl groups excluding tert-OH is 1. The number of thiazole rings is 1. The molecule has 3 atom stereocenters. The lowest BCUT2D eigenvalue weighted by atomic mass is 10.1. The molecule has 0 aliphatic heterocycles. The Labute approximate surface area is 123 Å². The number of rotatable bonds is 4. The zero-order chi connectivity index (χ0) is 14.1. The van der Waals surface area contributed by atoms with Gasteiger partial charge in [-0.3, -0.25) is 0 Å². The lowest BCUT2D eigenvalue weighted by molar-refractivity contribution is 0.136. The van der Waals surface area contributed by atoms with Gasteiger partial charge in [-0.05, 0) is 30.9 Å². The minimum absolute atomic E-state index is 0.0779. The lowest BCUT2D eigenvalue weighted by Crippen LogP contribution is -2.35. The molecule has 3 rings (SSSR count). The van der Waals surface area contributed by atoms with Gasteiger partial charge in [-0.2, -0.15) is 0 Å². The number of aliphatic hydroxyl groups is 1. The second kappa shape index (κ2) is 5.64. The monoisotopic (exact) mass is 288 g/mol. The second-order valence-corrected chi connectivity index (χ2v) is 6.30. The van der Waals surface area contributed by atoms with Gasteiger partial charge in [-0.25, -0.2) is 4.98 Å². The molecule has 1 aromatic carbocycles. The van der Waals surface area contributed by atoms with Crippen LogP contribution in [-0.4, -0.2) is 16.1 Å². The first-order valence-electron chi connectivity index (χ1n) is 7.15. The zero-order valence-electron chi connectivity index (χ0n) is 11.8. The molecule has 3 nitrogen and oxygen atoms in total. The van der Waals surface area contributed by atoms with Crippen molar-refractivity contribution in [1.29, 1.82) is 0 Å². The van der Waals surface area contributed by atoms with Gasteiger partial charge in [-0.1, -0.05) is 31.2 Å². The van der Waals surface area contributed by atoms with Crippen molar-refractivity contribution in [2.45, 2.75) is 44.9 Å². The lowest BCUT2D eigenvalue weighted by Gasteiger charge is -2.21. The largest absolute Gasteiger partial charge is 0.387 e. The standard InChI is InChI=1S/C16H20N2OS/c1-3-15-18-14(9-20-15)10(2)17-13-8-11-6-4-5-7-12(11)16(13)19/h4-7,9-10,13,16-17,19H,3,8H2,1-2H3/t10-,13-,16+/m0/s1. The number of hydrogen-bond donors (Lipinski definition) is 2. The number of fused-ring (bicyclic) bond motifs is 1. The van der Waals surface area contributed by atoms with Crippen LogP contribution in [0.15, 0.2) is 29.6 Å². The van der Waals surface area contributed by atoms with E-state index < -0.39 is 6.10 Å². The highest BCUT2D eigenvalue weighted by Gasteiger charge is 2.31. The number of hydrogen-bond acceptors (Lipinski definition) is 4. The molecule has 1 aromatic heterocycles. The number of nitrogens with zero attached hydrogens (tertiary/aromatic N) is 1. The zero-order valence-corrected chi connectivity index (χ0v) is 12.7. The Bertz CT molecular complexity index is 596. The summed E-state index contributed by atoms with van der Waals surface area (Å²) in [5.74, 6) is 0. The summed E-state index contributed by atoms with van der Waals surface area (Å²) in [4.78, 5) is 4.62. The maximum absolute atomic E-state index is 10.4. The number of benzene rings is 1. The van der Waals surface area contributed by atoms with Crippen LogP contribution in [0, 0.1) is 0 Å². The van der Waals surface area contributed by atoms with Crippen molar-refractivity contribution >= 4 is 11.3 Å². The van der Waals surface area contributed by atoms with Crippen molar-refractivity contribution in [1.82, 2.24) is 10.3 Å². The van der Waals surface area contributed by atoms with Crippen molar-refractivity contribution in [2.75, 3.05) is 0 Å². The third-order valence-corrected chi connectivity index (χ3v) is 4.99. The van der Waals surface area contributed by atoms with Crippen LogP contribution in [0.3, 0.4) is 0 Å². The molecule has 1 heterocycles. The molecule has 106 valence electrons. The highest BCUT2D eigenvalue weighted by molar-refractivity contribution is 7.09. The quantitative estimate of drug-likeness (QED) is 0.909. The summed E-state index contributed by atoms with van der Waals surface area (Å²) in [6.07, 6.45) is 1.44. The number of aryl methyl sites for hydroxylation is 1. The first-order valence-corrected chi connectivity index (χ1v) is 8.03. The van der Waals surface area contributed by atoms with E-state index in [0.717, 1.165) is 24.1 Å². The molecule has 2 N–H and O–H groups in total. The Kier molecular flexibility index (Phi) is 3.87. The van der Waals surface area contributed by atoms with E-state index in [0.29, 0.717) is 0 Å². The van der Waals surface area contributed by atoms with Crippen LogP contribution in [0.1, 0.15) is 47.8 Å². The molecule has 0 unspecified atom stereocenters. The molecule has 0 radical (unpaired) electrons. The van der Waals surface area contributed by atoms with Gasteiger partial charge in [0.05, 0.1) is 16.8 Å². The van der Waals surface area contributed by atoms with Gasteiger partial charge >= 0.3 is 0 Å². The van der Waals surface area contributed by atoms with Crippen LogP contribution in [0.4, 0.5) is 0 Å². The van der Waals surface area contributed by atoms with Crippen molar-refractivity contribution in [3.05, 3.63) is 51.5 Å². The highest BCUT2D eigenvalue weighted by atomic mass is 32.1. The molecule has 1 aliphatic rings. The first-order chi connectivity index (χ1) is 9.69. The van der Waals surface area contributed by atoms with Crippen molar-refractivity contribution in [3.8, 4) is 0 Å². The van der Waals surface area contributed by atoms with Crippen LogP contribution in [0.2, 0.25) is 0 Å². The van der Waals surface area contributed by atoms with Crippen molar-refractivity contribution in [2.24, 2.45) is 0 Å². The van der Waals surface area contributed by atoms with E-state index in [1.807, 2.05) is 18.2 Å². The first kappa shape index (κ1) is 13.7. The van der Waals surface area contributed by atoms with Crippen LogP contribution in [0.5, 0.6) is 0 Å². The Balaban J connectivity index is 1.70. The summed E-state index contributed by atoms with van der Waals surface area (Å²) < 4.78 is 0. The summed E-state index contributed by atoms with van der Waals surface area (Å²) in [6, 6.07) is 8.38. The molecular formula is C16H20N2OS. The topological polar surface area (TPSA) is 45.2 Å². The Hall–Kier alpha value is -1.23. The fourth-order valence-corrected chi connectivity index (χ4v) is 3.66. The predicted molar refractivity (Wildman–Crippen MR) is 81.9 cm³/mol. The van der Waals surface area contributed by atoms with Gasteiger partial charge in [0.25, 0.3) is 0 Å². The van der Waals surface area contributed by atoms with E-state index in [1.165, 1.54) is 10.6 Å². The highest BCUT2D eigenvalue weighted by Crippen LogP contribution is 2.32. The SMILES string of the molecule is CCc1nc([C@H](C)N[C@H]2Cc3ccccc3[C@H]2O)cs1. The fraction of sp³-hybridized carbons (Fsp3) is 0.438. The average Bonchev–Trinajstić information content (AvgIpc) is 3.05. The fourth-order valence-electron chi connectivity index (χ4n) is 2.82. The van der Waals surface area contributed by atoms with Crippen LogP contribution in [-0.2, 0) is 12.8 Å². The summed E-state index contributed by atoms with van der Waals surface area (Å²) >= 11 is 1.71. The molecule has 1 aliphatic carbocycles. The smallest absolute Gasteiger partial charge is 0.0949 e. The summed E-state index contributed by atoms with van der Waals surface area (Å²) in [5, 5.41) is 17.2. The summed E-state index contributed by atoms with van der Waals surface area (Å²) in [6.45, 7) is 4.24. The molecule has 20 heavy (non-hydrogen) atoms. The van der Waals surface area contributed by atoms with Crippen LogP contribution in [0.25, 0.3) is 0 Å². The minimum Gasteiger partial charge on any atom is -0.387 e. The predicted octanol–water partition coefficient (Wildman–Crippen LogP) is 3.01. The third kappa shape index (κ3) is 2.51. The van der Waals surface area contributed by atoms with Gasteiger partial charge in [0.1, 0.15) is 0 Å². The molecule has 0 saturated heterocycles. The van der Waals surface area contributed by atoms with Gasteiger partial charge in [-0.15, -0.1) is 11.3 Å². The molecule has 2 aromatic rings. The van der Waals surface area contributed by atoms with E-state index in [9.17, 15) is 5.11 Å². The Morgan fingerprint density at radius 2 is 2.25 bits per heavy atom. The van der Waals surface area contributed by atoms with E-state index in [4.69, 9.17) is 0 Å². The molecule has 0 amide bonds. The van der Waals surface area contributed by atoms with Gasteiger partial charge in [0.2, 0.25) is 0 Å². The molecule has 0 saturated carbocycles. The summed E-state index contributed by atoms with van der Waals surface area (Å²) in [7, 11) is 0. The molecule has 4 heteroatoms. The van der Waals surface area contributed by atoms with Crippen LogP contribution >= 0.6 is 11.3 Å². The number of nitrogens with one attached hydrogen (secondary N) is 1. The second-order valence-electron chi connectivity index (χ2n) is 5.36. The third-order valence-electron chi connectivity index (χ3n) is 3.97. The average molecular weight is 288 g/mol. The Morgan fingerprint density at radius 3 is 2.95 bits per heavy atom. The molecule has 0 bridgehead atoms. The maximum atomic E-state index is 10.4. The molecular weight excluding hydrogens is 268 g/mol. The van der Waals surface area contributed by atoms with E-state index in [1.54, 1.807) is 11.3 Å².